The maximum atomic E-state index is 14.6. The van der Waals surface area contributed by atoms with Gasteiger partial charge in [0.25, 0.3) is 0 Å². The third-order valence-electron chi connectivity index (χ3n) is 5.22. The Bertz CT molecular complexity index is 1510. The molecule has 1 aliphatic heterocycles. The van der Waals surface area contributed by atoms with Crippen molar-refractivity contribution in [2.75, 3.05) is 0 Å². The summed E-state index contributed by atoms with van der Waals surface area (Å²) in [4.78, 5) is 8.76. The van der Waals surface area contributed by atoms with E-state index in [0.29, 0.717) is 39.0 Å². The van der Waals surface area contributed by atoms with Gasteiger partial charge in [0, 0.05) is 40.0 Å². The summed E-state index contributed by atoms with van der Waals surface area (Å²) < 4.78 is 26.8. The molecule has 1 aliphatic rings. The van der Waals surface area contributed by atoms with E-state index in [1.807, 2.05) is 53.9 Å². The molecule has 5 nitrogen and oxygen atoms in total. The van der Waals surface area contributed by atoms with Crippen molar-refractivity contribution >= 4 is 34.5 Å². The number of fused-ring (bicyclic) bond motifs is 2. The van der Waals surface area contributed by atoms with Gasteiger partial charge in [-0.15, -0.1) is 42.0 Å². The number of hydrogen-bond acceptors (Lipinski definition) is 6. The summed E-state index contributed by atoms with van der Waals surface area (Å²) >= 11 is 1.53. The Balaban J connectivity index is 0.00000241. The number of rotatable bonds is 4. The van der Waals surface area contributed by atoms with Gasteiger partial charge in [0.2, 0.25) is 0 Å². The van der Waals surface area contributed by atoms with Gasteiger partial charge in [-0.3, -0.25) is 9.97 Å². The molecule has 168 valence electrons. The standard InChI is InChI=1S/C26H15N2O3PS.Pt/c29-32(25-10-3-4-13-27-25)23-9-2-1-8-21(23)31-22-12-11-20(17-24(22)32)30-19-7-5-6-18(16-19)26-28-14-15-33-26;/h1-15H;/q-2;+2. The molecule has 0 saturated heterocycles. The van der Waals surface area contributed by atoms with Gasteiger partial charge in [-0.1, -0.05) is 24.3 Å². The van der Waals surface area contributed by atoms with Crippen LogP contribution in [-0.2, 0) is 25.6 Å². The summed E-state index contributed by atoms with van der Waals surface area (Å²) in [6, 6.07) is 28.4. The third-order valence-corrected chi connectivity index (χ3v) is 8.95. The predicted octanol–water partition coefficient (Wildman–Crippen LogP) is 5.34. The van der Waals surface area contributed by atoms with Crippen LogP contribution in [0, 0.1) is 12.1 Å². The molecule has 1 atom stereocenters. The van der Waals surface area contributed by atoms with E-state index in [9.17, 15) is 4.57 Å². The number of pyridine rings is 1. The van der Waals surface area contributed by atoms with Crippen molar-refractivity contribution in [1.29, 1.82) is 0 Å². The van der Waals surface area contributed by atoms with E-state index in [4.69, 9.17) is 9.47 Å². The van der Waals surface area contributed by atoms with Gasteiger partial charge in [-0.05, 0) is 29.6 Å². The quantitative estimate of drug-likeness (QED) is 0.189. The van der Waals surface area contributed by atoms with Gasteiger partial charge in [-0.2, -0.15) is 11.3 Å². The summed E-state index contributed by atoms with van der Waals surface area (Å²) in [5.41, 5.74) is 1.32. The van der Waals surface area contributed by atoms with Crippen molar-refractivity contribution in [3.05, 3.63) is 103 Å². The van der Waals surface area contributed by atoms with Gasteiger partial charge < -0.3 is 14.0 Å². The number of para-hydroxylation sites is 1. The van der Waals surface area contributed by atoms with E-state index in [1.165, 1.54) is 11.3 Å². The Hall–Kier alpha value is -3.04. The molecule has 0 saturated carbocycles. The third kappa shape index (κ3) is 3.92. The minimum absolute atomic E-state index is 0. The van der Waals surface area contributed by atoms with E-state index in [1.54, 1.807) is 36.7 Å². The molecule has 0 bridgehead atoms. The van der Waals surface area contributed by atoms with Crippen LogP contribution < -0.4 is 25.5 Å². The molecule has 6 rings (SSSR count). The summed E-state index contributed by atoms with van der Waals surface area (Å²) in [7, 11) is -3.32. The predicted molar refractivity (Wildman–Crippen MR) is 129 cm³/mol. The maximum Gasteiger partial charge on any atom is 2.00 e. The molecule has 1 unspecified atom stereocenters. The van der Waals surface area contributed by atoms with Crippen molar-refractivity contribution in [2.45, 2.75) is 0 Å². The molecular weight excluding hydrogens is 646 g/mol. The largest absolute Gasteiger partial charge is 2.00 e. The van der Waals surface area contributed by atoms with Gasteiger partial charge in [0.05, 0.1) is 5.30 Å². The van der Waals surface area contributed by atoms with Gasteiger partial charge in [0.15, 0.2) is 7.14 Å². The number of benzene rings is 3. The molecule has 3 aromatic carbocycles. The fourth-order valence-electron chi connectivity index (χ4n) is 3.75. The fourth-order valence-corrected chi connectivity index (χ4v) is 7.04. The van der Waals surface area contributed by atoms with Crippen LogP contribution in [0.2, 0.25) is 0 Å². The first-order valence-corrected chi connectivity index (χ1v) is 12.8. The number of ether oxygens (including phenoxy) is 2. The van der Waals surface area contributed by atoms with Crippen LogP contribution in [0.5, 0.6) is 23.0 Å². The van der Waals surface area contributed by atoms with Crippen molar-refractivity contribution in [1.82, 2.24) is 9.97 Å². The first kappa shape index (κ1) is 22.7. The Morgan fingerprint density at radius 1 is 0.824 bits per heavy atom. The van der Waals surface area contributed by atoms with Gasteiger partial charge >= 0.3 is 21.1 Å². The fraction of sp³-hybridized carbons (Fsp3) is 0. The molecule has 5 aromatic rings. The van der Waals surface area contributed by atoms with E-state index in [0.717, 1.165) is 10.6 Å². The zero-order chi connectivity index (χ0) is 22.3. The van der Waals surface area contributed by atoms with Crippen LogP contribution >= 0.6 is 18.5 Å². The monoisotopic (exact) mass is 661 g/mol. The second-order valence-electron chi connectivity index (χ2n) is 7.27. The summed E-state index contributed by atoms with van der Waals surface area (Å²) in [6.07, 6.45) is 3.40. The Morgan fingerprint density at radius 2 is 1.68 bits per heavy atom. The van der Waals surface area contributed by atoms with E-state index >= 15 is 0 Å². The maximum absolute atomic E-state index is 14.6. The number of hydrogen-bond donors (Lipinski definition) is 0. The van der Waals surface area contributed by atoms with E-state index in [2.05, 4.69) is 22.1 Å². The van der Waals surface area contributed by atoms with Crippen LogP contribution in [0.25, 0.3) is 10.6 Å². The zero-order valence-corrected chi connectivity index (χ0v) is 21.4. The van der Waals surface area contributed by atoms with Crippen LogP contribution in [0.3, 0.4) is 0 Å². The first-order valence-electron chi connectivity index (χ1n) is 10.2. The molecule has 0 radical (unpaired) electrons. The summed E-state index contributed by atoms with van der Waals surface area (Å²) in [5, 5.41) is 3.82. The average Bonchev–Trinajstić information content (AvgIpc) is 3.41. The molecule has 2 aromatic heterocycles. The Labute approximate surface area is 215 Å². The van der Waals surface area contributed by atoms with E-state index in [-0.39, 0.29) is 21.1 Å². The average molecular weight is 662 g/mol. The minimum atomic E-state index is -3.32. The van der Waals surface area contributed by atoms with Crippen molar-refractivity contribution in [2.24, 2.45) is 0 Å². The molecule has 3 heterocycles. The van der Waals surface area contributed by atoms with Gasteiger partial charge in [0.1, 0.15) is 11.2 Å². The normalized spacial score (nSPS) is 15.9. The smallest absolute Gasteiger partial charge is 0.515 e. The molecule has 0 amide bonds. The number of aromatic nitrogens is 2. The molecule has 0 fully saturated rings. The zero-order valence-electron chi connectivity index (χ0n) is 17.5. The molecule has 0 aliphatic carbocycles. The minimum Gasteiger partial charge on any atom is -0.515 e. The number of nitrogens with zero attached hydrogens (tertiary/aromatic N) is 2. The van der Waals surface area contributed by atoms with Gasteiger partial charge in [-0.25, -0.2) is 0 Å². The van der Waals surface area contributed by atoms with Crippen LogP contribution in [0.15, 0.2) is 90.6 Å². The molecule has 0 spiro atoms. The van der Waals surface area contributed by atoms with Crippen LogP contribution in [-0.4, -0.2) is 9.97 Å². The van der Waals surface area contributed by atoms with Crippen molar-refractivity contribution in [3.63, 3.8) is 0 Å². The number of thiazole rings is 1. The van der Waals surface area contributed by atoms with Crippen LogP contribution in [0.1, 0.15) is 0 Å². The van der Waals surface area contributed by atoms with Crippen molar-refractivity contribution in [3.8, 4) is 33.6 Å². The summed E-state index contributed by atoms with van der Waals surface area (Å²) in [6.45, 7) is 0. The topological polar surface area (TPSA) is 61.3 Å². The SMILES string of the molecule is O=P1(c2ccccn2)c2[c-]c(Oc3[c-]c(-c4nccs4)ccc3)ccc2Oc2ccccc21.[Pt+2]. The second-order valence-corrected chi connectivity index (χ2v) is 10.8. The van der Waals surface area contributed by atoms with E-state index < -0.39 is 7.14 Å². The first-order chi connectivity index (χ1) is 16.2. The Kier molecular flexibility index (Phi) is 6.22. The molecular formula is C26H15N2O3PPtS. The molecule has 0 N–H and O–H groups in total. The van der Waals surface area contributed by atoms with Crippen LogP contribution in [0.4, 0.5) is 0 Å². The molecule has 34 heavy (non-hydrogen) atoms. The molecule has 8 heteroatoms. The van der Waals surface area contributed by atoms with Crippen molar-refractivity contribution < 1.29 is 35.1 Å². The Morgan fingerprint density at radius 3 is 2.50 bits per heavy atom. The summed E-state index contributed by atoms with van der Waals surface area (Å²) in [5.74, 6) is 1.98. The second kappa shape index (κ2) is 9.31.